The predicted molar refractivity (Wildman–Crippen MR) is 48.5 cm³/mol. The van der Waals surface area contributed by atoms with Gasteiger partial charge in [0.2, 0.25) is 0 Å². The summed E-state index contributed by atoms with van der Waals surface area (Å²) >= 11 is 0. The average molecular weight is 199 g/mol. The highest BCUT2D eigenvalue weighted by Gasteiger charge is 2.46. The third-order valence-corrected chi connectivity index (χ3v) is 2.03. The number of carbonyl (C=O) groups is 1. The molecule has 1 atom stereocenters. The maximum absolute atomic E-state index is 11.5. The molecule has 0 spiro atoms. The van der Waals surface area contributed by atoms with Crippen LogP contribution in [0, 0.1) is 0 Å². The number of hydrogen-bond acceptors (Lipinski definition) is 4. The SMILES string of the molecule is CC1(C)OCC(C)(C(=O)CN=[N+]=[N-])O1. The molecule has 1 aliphatic rings. The normalized spacial score (nSPS) is 29.6. The van der Waals surface area contributed by atoms with Gasteiger partial charge in [0.25, 0.3) is 0 Å². The molecule has 0 aromatic heterocycles. The van der Waals surface area contributed by atoms with Crippen molar-refractivity contribution < 1.29 is 14.3 Å². The molecule has 1 unspecified atom stereocenters. The summed E-state index contributed by atoms with van der Waals surface area (Å²) in [6.07, 6.45) is 0. The van der Waals surface area contributed by atoms with Crippen molar-refractivity contribution in [3.05, 3.63) is 10.4 Å². The smallest absolute Gasteiger partial charge is 0.172 e. The van der Waals surface area contributed by atoms with Crippen molar-refractivity contribution in [2.24, 2.45) is 5.11 Å². The molecular weight excluding hydrogens is 186 g/mol. The van der Waals surface area contributed by atoms with Crippen molar-refractivity contribution in [1.29, 1.82) is 0 Å². The second-order valence-corrected chi connectivity index (χ2v) is 3.83. The number of azide groups is 1. The fourth-order valence-electron chi connectivity index (χ4n) is 1.31. The Labute approximate surface area is 81.8 Å². The lowest BCUT2D eigenvalue weighted by Crippen LogP contribution is -2.41. The van der Waals surface area contributed by atoms with Gasteiger partial charge in [-0.3, -0.25) is 4.79 Å². The third-order valence-electron chi connectivity index (χ3n) is 2.03. The molecule has 0 radical (unpaired) electrons. The highest BCUT2D eigenvalue weighted by molar-refractivity contribution is 5.89. The zero-order valence-corrected chi connectivity index (χ0v) is 8.48. The number of hydrogen-bond donors (Lipinski definition) is 0. The van der Waals surface area contributed by atoms with Gasteiger partial charge in [-0.15, -0.1) is 0 Å². The summed E-state index contributed by atoms with van der Waals surface area (Å²) in [4.78, 5) is 14.1. The van der Waals surface area contributed by atoms with Crippen LogP contribution in [0.25, 0.3) is 10.4 Å². The Balaban J connectivity index is 2.68. The Morgan fingerprint density at radius 3 is 2.64 bits per heavy atom. The Kier molecular flexibility index (Phi) is 2.80. The quantitative estimate of drug-likeness (QED) is 0.391. The molecule has 1 rings (SSSR count). The van der Waals surface area contributed by atoms with E-state index in [4.69, 9.17) is 15.0 Å². The number of ether oxygens (including phenoxy) is 2. The first-order valence-corrected chi connectivity index (χ1v) is 4.28. The molecular formula is C8H13N3O3. The molecule has 0 aromatic rings. The van der Waals surface area contributed by atoms with E-state index in [1.165, 1.54) is 0 Å². The number of Topliss-reactive ketones (excluding diaryl/α,β-unsaturated/α-hetero) is 1. The van der Waals surface area contributed by atoms with Gasteiger partial charge >= 0.3 is 0 Å². The Bertz CT molecular complexity index is 296. The second-order valence-electron chi connectivity index (χ2n) is 3.83. The van der Waals surface area contributed by atoms with Crippen molar-refractivity contribution in [3.63, 3.8) is 0 Å². The highest BCUT2D eigenvalue weighted by atomic mass is 16.8. The lowest BCUT2D eigenvalue weighted by atomic mass is 10.0. The fraction of sp³-hybridized carbons (Fsp3) is 0.875. The van der Waals surface area contributed by atoms with Crippen molar-refractivity contribution in [2.75, 3.05) is 13.2 Å². The van der Waals surface area contributed by atoms with E-state index in [2.05, 4.69) is 10.0 Å². The highest BCUT2D eigenvalue weighted by Crippen LogP contribution is 2.31. The molecule has 6 nitrogen and oxygen atoms in total. The van der Waals surface area contributed by atoms with Crippen LogP contribution in [0.5, 0.6) is 0 Å². The summed E-state index contributed by atoms with van der Waals surface area (Å²) in [5.41, 5.74) is 7.09. The summed E-state index contributed by atoms with van der Waals surface area (Å²) in [5, 5.41) is 3.20. The van der Waals surface area contributed by atoms with E-state index in [-0.39, 0.29) is 18.9 Å². The Morgan fingerprint density at radius 2 is 2.21 bits per heavy atom. The van der Waals surface area contributed by atoms with E-state index in [0.29, 0.717) is 0 Å². The zero-order chi connectivity index (χ0) is 10.8. The molecule has 0 N–H and O–H groups in total. The first-order chi connectivity index (χ1) is 6.40. The monoisotopic (exact) mass is 199 g/mol. The summed E-state index contributed by atoms with van der Waals surface area (Å²) < 4.78 is 10.7. The molecule has 0 bridgehead atoms. The minimum atomic E-state index is -0.988. The van der Waals surface area contributed by atoms with Crippen LogP contribution in [0.4, 0.5) is 0 Å². The first-order valence-electron chi connectivity index (χ1n) is 4.28. The van der Waals surface area contributed by atoms with Gasteiger partial charge in [-0.25, -0.2) is 0 Å². The minimum absolute atomic E-state index is 0.194. The van der Waals surface area contributed by atoms with Gasteiger partial charge in [0.05, 0.1) is 13.2 Å². The predicted octanol–water partition coefficient (Wildman–Crippen LogP) is 1.41. The van der Waals surface area contributed by atoms with Crippen LogP contribution in [0.1, 0.15) is 20.8 Å². The molecule has 1 heterocycles. The fourth-order valence-corrected chi connectivity index (χ4v) is 1.31. The standard InChI is InChI=1S/C8H13N3O3/c1-7(2)13-5-8(3,14-7)6(12)4-10-11-9/h4-5H2,1-3H3. The molecule has 6 heteroatoms. The van der Waals surface area contributed by atoms with E-state index in [9.17, 15) is 4.79 Å². The second kappa shape index (κ2) is 3.57. The number of rotatable bonds is 3. The number of carbonyl (C=O) groups excluding carboxylic acids is 1. The molecule has 1 saturated heterocycles. The first kappa shape index (κ1) is 11.0. The van der Waals surface area contributed by atoms with Gasteiger partial charge in [-0.1, -0.05) is 5.11 Å². The van der Waals surface area contributed by atoms with Crippen LogP contribution in [-0.2, 0) is 14.3 Å². The van der Waals surface area contributed by atoms with E-state index < -0.39 is 11.4 Å². The van der Waals surface area contributed by atoms with Crippen LogP contribution in [0.2, 0.25) is 0 Å². The van der Waals surface area contributed by atoms with Crippen LogP contribution < -0.4 is 0 Å². The molecule has 0 aliphatic carbocycles. The lowest BCUT2D eigenvalue weighted by molar-refractivity contribution is -0.168. The topological polar surface area (TPSA) is 84.3 Å². The maximum Gasteiger partial charge on any atom is 0.172 e. The zero-order valence-electron chi connectivity index (χ0n) is 8.48. The Morgan fingerprint density at radius 1 is 1.57 bits per heavy atom. The molecule has 0 saturated carbocycles. The largest absolute Gasteiger partial charge is 0.347 e. The van der Waals surface area contributed by atoms with Crippen molar-refractivity contribution in [3.8, 4) is 0 Å². The molecule has 1 fully saturated rings. The van der Waals surface area contributed by atoms with Crippen LogP contribution in [0.3, 0.4) is 0 Å². The van der Waals surface area contributed by atoms with E-state index in [1.807, 2.05) is 0 Å². The maximum atomic E-state index is 11.5. The van der Waals surface area contributed by atoms with E-state index in [1.54, 1.807) is 20.8 Å². The molecule has 1 aliphatic heterocycles. The van der Waals surface area contributed by atoms with Crippen molar-refractivity contribution in [2.45, 2.75) is 32.2 Å². The van der Waals surface area contributed by atoms with Crippen LogP contribution in [-0.4, -0.2) is 30.3 Å². The number of ketones is 1. The molecule has 14 heavy (non-hydrogen) atoms. The molecule has 0 amide bonds. The third kappa shape index (κ3) is 2.23. The Hall–Kier alpha value is -1.10. The minimum Gasteiger partial charge on any atom is -0.347 e. The van der Waals surface area contributed by atoms with E-state index >= 15 is 0 Å². The van der Waals surface area contributed by atoms with Crippen molar-refractivity contribution in [1.82, 2.24) is 0 Å². The van der Waals surface area contributed by atoms with Crippen LogP contribution in [0.15, 0.2) is 5.11 Å². The van der Waals surface area contributed by atoms with Gasteiger partial charge < -0.3 is 9.47 Å². The van der Waals surface area contributed by atoms with E-state index in [0.717, 1.165) is 0 Å². The molecule has 0 aromatic carbocycles. The van der Waals surface area contributed by atoms with Gasteiger partial charge in [0.15, 0.2) is 17.2 Å². The lowest BCUT2D eigenvalue weighted by Gasteiger charge is -2.22. The summed E-state index contributed by atoms with van der Waals surface area (Å²) in [5.74, 6) is -1.01. The molecule has 78 valence electrons. The summed E-state index contributed by atoms with van der Waals surface area (Å²) in [6.45, 7) is 5.10. The van der Waals surface area contributed by atoms with Gasteiger partial charge in [0, 0.05) is 4.91 Å². The van der Waals surface area contributed by atoms with Gasteiger partial charge in [-0.05, 0) is 26.3 Å². The van der Waals surface area contributed by atoms with Gasteiger partial charge in [-0.2, -0.15) is 0 Å². The number of nitrogens with zero attached hydrogens (tertiary/aromatic N) is 3. The summed E-state index contributed by atoms with van der Waals surface area (Å²) in [6, 6.07) is 0. The summed E-state index contributed by atoms with van der Waals surface area (Å²) in [7, 11) is 0. The van der Waals surface area contributed by atoms with Crippen LogP contribution >= 0.6 is 0 Å². The average Bonchev–Trinajstić information content (AvgIpc) is 2.38. The van der Waals surface area contributed by atoms with Gasteiger partial charge in [0.1, 0.15) is 0 Å². The van der Waals surface area contributed by atoms with Crippen molar-refractivity contribution >= 4 is 5.78 Å².